The molecule has 1 aromatic carbocycles. The molecule has 0 aliphatic heterocycles. The molecule has 0 heterocycles. The van der Waals surface area contributed by atoms with Crippen LogP contribution in [0.3, 0.4) is 0 Å². The molecule has 0 unspecified atom stereocenters. The number of nitrogens with zero attached hydrogens (tertiary/aromatic N) is 1. The van der Waals surface area contributed by atoms with Gasteiger partial charge in [-0.2, -0.15) is 17.0 Å². The zero-order valence-corrected chi connectivity index (χ0v) is 14.0. The number of unbranched alkanes of at least 4 members (excludes halogenated alkanes) is 3. The summed E-state index contributed by atoms with van der Waals surface area (Å²) < 4.78 is 26.6. The Morgan fingerprint density at radius 3 is 2.62 bits per heavy atom. The van der Waals surface area contributed by atoms with Gasteiger partial charge in [0, 0.05) is 6.54 Å². The van der Waals surface area contributed by atoms with Crippen LogP contribution in [0, 0.1) is 11.3 Å². The average Bonchev–Trinajstić information content (AvgIpc) is 2.46. The van der Waals surface area contributed by atoms with Crippen molar-refractivity contribution in [2.45, 2.75) is 31.4 Å². The van der Waals surface area contributed by atoms with E-state index in [-0.39, 0.29) is 5.75 Å². The van der Waals surface area contributed by atoms with Crippen LogP contribution in [0.15, 0.2) is 24.3 Å². The molecule has 0 saturated carbocycles. The van der Waals surface area contributed by atoms with Crippen LogP contribution in [0.4, 0.5) is 0 Å². The lowest BCUT2D eigenvalue weighted by Crippen LogP contribution is -2.26. The van der Waals surface area contributed by atoms with E-state index in [1.54, 1.807) is 24.3 Å². The molecule has 0 radical (unpaired) electrons. The van der Waals surface area contributed by atoms with Crippen molar-refractivity contribution in [3.05, 3.63) is 35.4 Å². The summed E-state index contributed by atoms with van der Waals surface area (Å²) in [6.45, 7) is 0.469. The van der Waals surface area contributed by atoms with E-state index >= 15 is 0 Å². The minimum Gasteiger partial charge on any atom is -0.215 e. The zero-order chi connectivity index (χ0) is 15.6. The SMILES string of the molecule is CSCCCCCCNS(=O)(=O)Cc1ccccc1C#N. The van der Waals surface area contributed by atoms with E-state index in [1.165, 1.54) is 6.42 Å². The predicted molar refractivity (Wildman–Crippen MR) is 88.6 cm³/mol. The summed E-state index contributed by atoms with van der Waals surface area (Å²) in [6.07, 6.45) is 6.31. The van der Waals surface area contributed by atoms with Crippen LogP contribution in [0.25, 0.3) is 0 Å². The van der Waals surface area contributed by atoms with E-state index in [0.29, 0.717) is 17.7 Å². The largest absolute Gasteiger partial charge is 0.215 e. The van der Waals surface area contributed by atoms with Crippen LogP contribution in [-0.2, 0) is 15.8 Å². The topological polar surface area (TPSA) is 70.0 Å². The predicted octanol–water partition coefficient (Wildman–Crippen LogP) is 2.90. The second-order valence-electron chi connectivity index (χ2n) is 4.83. The van der Waals surface area contributed by atoms with Gasteiger partial charge < -0.3 is 0 Å². The van der Waals surface area contributed by atoms with E-state index in [9.17, 15) is 8.42 Å². The van der Waals surface area contributed by atoms with Crippen molar-refractivity contribution in [1.82, 2.24) is 4.72 Å². The fourth-order valence-corrected chi connectivity index (χ4v) is 3.67. The molecule has 6 heteroatoms. The molecular weight excluding hydrogens is 304 g/mol. The molecule has 1 aromatic rings. The second kappa shape index (κ2) is 9.82. The molecular formula is C15H22N2O2S2. The van der Waals surface area contributed by atoms with E-state index in [2.05, 4.69) is 11.0 Å². The van der Waals surface area contributed by atoms with Gasteiger partial charge in [0.2, 0.25) is 10.0 Å². The minimum atomic E-state index is -3.37. The highest BCUT2D eigenvalue weighted by atomic mass is 32.2. The molecule has 0 spiro atoms. The van der Waals surface area contributed by atoms with Gasteiger partial charge in [-0.1, -0.05) is 31.0 Å². The van der Waals surface area contributed by atoms with Crippen molar-refractivity contribution in [2.24, 2.45) is 0 Å². The average molecular weight is 326 g/mol. The van der Waals surface area contributed by atoms with Gasteiger partial charge >= 0.3 is 0 Å². The fraction of sp³-hybridized carbons (Fsp3) is 0.533. The van der Waals surface area contributed by atoms with Crippen LogP contribution in [0.1, 0.15) is 36.8 Å². The van der Waals surface area contributed by atoms with E-state index in [0.717, 1.165) is 25.0 Å². The maximum Gasteiger partial charge on any atom is 0.215 e. The smallest absolute Gasteiger partial charge is 0.215 e. The van der Waals surface area contributed by atoms with Crippen molar-refractivity contribution in [1.29, 1.82) is 5.26 Å². The maximum absolute atomic E-state index is 12.0. The molecule has 116 valence electrons. The fourth-order valence-electron chi connectivity index (χ4n) is 1.96. The first-order valence-corrected chi connectivity index (χ1v) is 10.1. The molecule has 0 fully saturated rings. The van der Waals surface area contributed by atoms with Gasteiger partial charge in [0.25, 0.3) is 0 Å². The first kappa shape index (κ1) is 18.0. The molecule has 0 saturated heterocycles. The van der Waals surface area contributed by atoms with Crippen molar-refractivity contribution >= 4 is 21.8 Å². The van der Waals surface area contributed by atoms with E-state index in [1.807, 2.05) is 17.8 Å². The zero-order valence-electron chi connectivity index (χ0n) is 12.3. The van der Waals surface area contributed by atoms with Gasteiger partial charge in [-0.3, -0.25) is 0 Å². The Bertz CT molecular complexity index is 565. The van der Waals surface area contributed by atoms with Crippen molar-refractivity contribution in [3.63, 3.8) is 0 Å². The molecule has 0 atom stereocenters. The Kier molecular flexibility index (Phi) is 8.43. The number of benzene rings is 1. The number of sulfonamides is 1. The number of thioether (sulfide) groups is 1. The summed E-state index contributed by atoms with van der Waals surface area (Å²) in [7, 11) is -3.37. The Hall–Kier alpha value is -1.03. The molecule has 0 aliphatic carbocycles. The number of hydrogen-bond donors (Lipinski definition) is 1. The Morgan fingerprint density at radius 2 is 1.90 bits per heavy atom. The summed E-state index contributed by atoms with van der Waals surface area (Å²) in [5.41, 5.74) is 0.965. The van der Waals surface area contributed by atoms with Gasteiger partial charge in [0.05, 0.1) is 17.4 Å². The molecule has 0 aromatic heterocycles. The number of rotatable bonds is 10. The second-order valence-corrected chi connectivity index (χ2v) is 7.62. The normalized spacial score (nSPS) is 11.2. The third-order valence-corrected chi connectivity index (χ3v) is 5.11. The highest BCUT2D eigenvalue weighted by Gasteiger charge is 2.13. The molecule has 4 nitrogen and oxygen atoms in total. The van der Waals surface area contributed by atoms with Crippen LogP contribution in [0.5, 0.6) is 0 Å². The molecule has 1 N–H and O–H groups in total. The Morgan fingerprint density at radius 1 is 1.19 bits per heavy atom. The van der Waals surface area contributed by atoms with Gasteiger partial charge in [0.15, 0.2) is 0 Å². The highest BCUT2D eigenvalue weighted by molar-refractivity contribution is 7.98. The summed E-state index contributed by atoms with van der Waals surface area (Å²) in [6, 6.07) is 8.82. The summed E-state index contributed by atoms with van der Waals surface area (Å²) in [4.78, 5) is 0. The maximum atomic E-state index is 12.0. The molecule has 21 heavy (non-hydrogen) atoms. The first-order valence-electron chi connectivity index (χ1n) is 7.03. The Balaban J connectivity index is 2.36. The van der Waals surface area contributed by atoms with Crippen molar-refractivity contribution < 1.29 is 8.42 Å². The lowest BCUT2D eigenvalue weighted by Gasteiger charge is -2.08. The van der Waals surface area contributed by atoms with E-state index < -0.39 is 10.0 Å². The molecule has 0 bridgehead atoms. The van der Waals surface area contributed by atoms with Crippen molar-refractivity contribution in [2.75, 3.05) is 18.6 Å². The summed E-state index contributed by atoms with van der Waals surface area (Å²) in [5.74, 6) is 1.03. The van der Waals surface area contributed by atoms with E-state index in [4.69, 9.17) is 5.26 Å². The standard InChI is InChI=1S/C15H22N2O2S2/c1-20-11-7-3-2-6-10-17-21(18,19)13-15-9-5-4-8-14(15)12-16/h4-5,8-9,17H,2-3,6-7,10-11,13H2,1H3. The number of hydrogen-bond acceptors (Lipinski definition) is 4. The first-order chi connectivity index (χ1) is 10.1. The number of nitriles is 1. The highest BCUT2D eigenvalue weighted by Crippen LogP contribution is 2.11. The van der Waals surface area contributed by atoms with Gasteiger partial charge in [-0.05, 0) is 36.5 Å². The van der Waals surface area contributed by atoms with Crippen LogP contribution < -0.4 is 4.72 Å². The summed E-state index contributed by atoms with van der Waals surface area (Å²) in [5, 5.41) is 8.97. The number of nitrogens with one attached hydrogen (secondary N) is 1. The molecule has 0 aliphatic rings. The Labute approximate surface area is 132 Å². The third kappa shape index (κ3) is 7.51. The minimum absolute atomic E-state index is 0.136. The van der Waals surface area contributed by atoms with Crippen LogP contribution >= 0.6 is 11.8 Å². The lowest BCUT2D eigenvalue weighted by molar-refractivity contribution is 0.573. The molecule has 1 rings (SSSR count). The van der Waals surface area contributed by atoms with Gasteiger partial charge in [-0.25, -0.2) is 13.1 Å². The quantitative estimate of drug-likeness (QED) is 0.671. The lowest BCUT2D eigenvalue weighted by atomic mass is 10.1. The van der Waals surface area contributed by atoms with Gasteiger partial charge in [0.1, 0.15) is 0 Å². The van der Waals surface area contributed by atoms with Crippen molar-refractivity contribution in [3.8, 4) is 6.07 Å². The summed E-state index contributed by atoms with van der Waals surface area (Å²) >= 11 is 1.84. The van der Waals surface area contributed by atoms with Crippen LogP contribution in [0.2, 0.25) is 0 Å². The van der Waals surface area contributed by atoms with Crippen LogP contribution in [-0.4, -0.2) is 27.0 Å². The third-order valence-electron chi connectivity index (χ3n) is 3.08. The van der Waals surface area contributed by atoms with Gasteiger partial charge in [-0.15, -0.1) is 0 Å². The monoisotopic (exact) mass is 326 g/mol. The molecule has 0 amide bonds.